The van der Waals surface area contributed by atoms with Gasteiger partial charge < -0.3 is 5.32 Å². The first-order chi connectivity index (χ1) is 11.2. The molecule has 3 unspecified atom stereocenters. The van der Waals surface area contributed by atoms with Crippen molar-refractivity contribution in [3.05, 3.63) is 34.9 Å². The number of amides is 1. The van der Waals surface area contributed by atoms with Crippen LogP contribution in [-0.4, -0.2) is 26.6 Å². The molecule has 0 aromatic carbocycles. The van der Waals surface area contributed by atoms with Crippen molar-refractivity contribution in [2.24, 2.45) is 17.8 Å². The van der Waals surface area contributed by atoms with Gasteiger partial charge in [-0.2, -0.15) is 0 Å². The third-order valence-electron chi connectivity index (χ3n) is 5.50. The van der Waals surface area contributed by atoms with Gasteiger partial charge in [-0.3, -0.25) is 9.20 Å². The number of hydrogen-bond donors (Lipinski definition) is 1. The van der Waals surface area contributed by atoms with Crippen molar-refractivity contribution in [2.45, 2.75) is 38.6 Å². The van der Waals surface area contributed by atoms with E-state index in [-0.39, 0.29) is 18.1 Å². The summed E-state index contributed by atoms with van der Waals surface area (Å²) in [5.74, 6) is 2.47. The smallest absolute Gasteiger partial charge is 0.350 e. The molecule has 6 heteroatoms. The van der Waals surface area contributed by atoms with Crippen molar-refractivity contribution in [1.82, 2.24) is 19.5 Å². The summed E-state index contributed by atoms with van der Waals surface area (Å²) in [6.07, 6.45) is 8.24. The lowest BCUT2D eigenvalue weighted by atomic mass is 9.86. The second-order valence-corrected chi connectivity index (χ2v) is 6.94. The number of hydrogen-bond acceptors (Lipinski definition) is 3. The predicted octanol–water partition coefficient (Wildman–Crippen LogP) is 1.44. The highest BCUT2D eigenvalue weighted by atomic mass is 16.2. The first-order valence-corrected chi connectivity index (χ1v) is 8.51. The second kappa shape index (κ2) is 5.83. The first-order valence-electron chi connectivity index (χ1n) is 8.51. The number of rotatable bonds is 5. The lowest BCUT2D eigenvalue weighted by molar-refractivity contribution is -0.121. The molecular formula is C17H22N4O2. The second-order valence-electron chi connectivity index (χ2n) is 6.94. The quantitative estimate of drug-likeness (QED) is 0.908. The van der Waals surface area contributed by atoms with Crippen LogP contribution in [0.15, 0.2) is 29.2 Å². The summed E-state index contributed by atoms with van der Waals surface area (Å²) in [6, 6.07) is 5.35. The number of nitrogens with zero attached hydrogens (tertiary/aromatic N) is 3. The van der Waals surface area contributed by atoms with E-state index in [4.69, 9.17) is 0 Å². The average Bonchev–Trinajstić information content (AvgIpc) is 3.24. The summed E-state index contributed by atoms with van der Waals surface area (Å²) in [5.41, 5.74) is 0.288. The standard InChI is InChI=1S/C17H22N4O2/c22-16(18-7-6-14-10-12-4-5-13(14)9-12)11-21-17(23)20-8-2-1-3-15(20)19-21/h1-3,8,12-14H,4-7,9-11H2,(H,18,22). The van der Waals surface area contributed by atoms with E-state index in [2.05, 4.69) is 10.4 Å². The highest BCUT2D eigenvalue weighted by Crippen LogP contribution is 2.49. The lowest BCUT2D eigenvalue weighted by Gasteiger charge is -2.21. The van der Waals surface area contributed by atoms with Gasteiger partial charge in [0.1, 0.15) is 6.54 Å². The van der Waals surface area contributed by atoms with Crippen molar-refractivity contribution in [2.75, 3.05) is 6.54 Å². The number of carbonyl (C=O) groups is 1. The SMILES string of the molecule is O=C(Cn1nc2ccccn2c1=O)NCCC1CC2CCC1C2. The normalized spacial score (nSPS) is 26.0. The lowest BCUT2D eigenvalue weighted by Crippen LogP contribution is -2.34. The third-order valence-corrected chi connectivity index (χ3v) is 5.50. The van der Waals surface area contributed by atoms with Crippen molar-refractivity contribution in [3.63, 3.8) is 0 Å². The monoisotopic (exact) mass is 314 g/mol. The first kappa shape index (κ1) is 14.5. The summed E-state index contributed by atoms with van der Waals surface area (Å²) in [4.78, 5) is 24.2. The van der Waals surface area contributed by atoms with E-state index in [9.17, 15) is 9.59 Å². The Labute approximate surface area is 134 Å². The van der Waals surface area contributed by atoms with Crippen LogP contribution in [0.2, 0.25) is 0 Å². The van der Waals surface area contributed by atoms with E-state index in [0.717, 1.165) is 24.2 Å². The topological polar surface area (TPSA) is 68.4 Å². The molecular weight excluding hydrogens is 292 g/mol. The Morgan fingerprint density at radius 1 is 1.30 bits per heavy atom. The molecule has 0 saturated heterocycles. The Morgan fingerprint density at radius 3 is 2.96 bits per heavy atom. The fraction of sp³-hybridized carbons (Fsp3) is 0.588. The van der Waals surface area contributed by atoms with Gasteiger partial charge >= 0.3 is 5.69 Å². The average molecular weight is 314 g/mol. The molecule has 2 aromatic rings. The van der Waals surface area contributed by atoms with Gasteiger partial charge in [0, 0.05) is 12.7 Å². The van der Waals surface area contributed by atoms with Gasteiger partial charge in [-0.1, -0.05) is 12.5 Å². The fourth-order valence-corrected chi connectivity index (χ4v) is 4.39. The Bertz CT molecular complexity index is 778. The van der Waals surface area contributed by atoms with E-state index in [1.807, 2.05) is 6.07 Å². The molecule has 2 heterocycles. The number of nitrogens with one attached hydrogen (secondary N) is 1. The molecule has 2 aliphatic carbocycles. The zero-order valence-corrected chi connectivity index (χ0v) is 13.1. The minimum Gasteiger partial charge on any atom is -0.354 e. The summed E-state index contributed by atoms with van der Waals surface area (Å²) in [7, 11) is 0. The van der Waals surface area contributed by atoms with E-state index < -0.39 is 0 Å². The number of aromatic nitrogens is 3. The van der Waals surface area contributed by atoms with E-state index in [1.165, 1.54) is 34.8 Å². The zero-order valence-electron chi connectivity index (χ0n) is 13.1. The summed E-state index contributed by atoms with van der Waals surface area (Å²) < 4.78 is 2.67. The summed E-state index contributed by atoms with van der Waals surface area (Å²) in [5, 5.41) is 7.12. The largest absolute Gasteiger partial charge is 0.354 e. The van der Waals surface area contributed by atoms with Crippen LogP contribution in [0.3, 0.4) is 0 Å². The van der Waals surface area contributed by atoms with Gasteiger partial charge in [0.05, 0.1) is 0 Å². The maximum Gasteiger partial charge on any atom is 0.350 e. The van der Waals surface area contributed by atoms with Gasteiger partial charge in [0.2, 0.25) is 5.91 Å². The molecule has 3 atom stereocenters. The van der Waals surface area contributed by atoms with Crippen LogP contribution in [0.4, 0.5) is 0 Å². The molecule has 122 valence electrons. The highest BCUT2D eigenvalue weighted by Gasteiger charge is 2.38. The van der Waals surface area contributed by atoms with Gasteiger partial charge in [-0.25, -0.2) is 9.48 Å². The Kier molecular flexibility index (Phi) is 3.67. The van der Waals surface area contributed by atoms with Crippen molar-refractivity contribution < 1.29 is 4.79 Å². The number of fused-ring (bicyclic) bond motifs is 3. The molecule has 1 amide bonds. The predicted molar refractivity (Wildman–Crippen MR) is 86.0 cm³/mol. The molecule has 2 fully saturated rings. The number of pyridine rings is 1. The molecule has 23 heavy (non-hydrogen) atoms. The minimum absolute atomic E-state index is 0.0166. The van der Waals surface area contributed by atoms with E-state index in [0.29, 0.717) is 12.2 Å². The molecule has 2 saturated carbocycles. The van der Waals surface area contributed by atoms with Crippen LogP contribution >= 0.6 is 0 Å². The van der Waals surface area contributed by atoms with Crippen molar-refractivity contribution >= 4 is 11.6 Å². The fourth-order valence-electron chi connectivity index (χ4n) is 4.39. The van der Waals surface area contributed by atoms with E-state index in [1.54, 1.807) is 18.3 Å². The summed E-state index contributed by atoms with van der Waals surface area (Å²) in [6.45, 7) is 0.687. The van der Waals surface area contributed by atoms with Crippen molar-refractivity contribution in [3.8, 4) is 0 Å². The maximum absolute atomic E-state index is 12.1. The van der Waals surface area contributed by atoms with Crippen LogP contribution in [0.1, 0.15) is 32.1 Å². The van der Waals surface area contributed by atoms with Gasteiger partial charge in [-0.15, -0.1) is 5.10 Å². The van der Waals surface area contributed by atoms with E-state index >= 15 is 0 Å². The molecule has 2 aliphatic rings. The molecule has 4 rings (SSSR count). The molecule has 0 spiro atoms. The van der Waals surface area contributed by atoms with Gasteiger partial charge in [0.15, 0.2) is 5.65 Å². The van der Waals surface area contributed by atoms with Crippen LogP contribution in [0, 0.1) is 17.8 Å². The molecule has 2 aromatic heterocycles. The number of carbonyl (C=O) groups excluding carboxylic acids is 1. The molecule has 0 aliphatic heterocycles. The van der Waals surface area contributed by atoms with Crippen LogP contribution < -0.4 is 11.0 Å². The molecule has 2 bridgehead atoms. The maximum atomic E-state index is 12.1. The Hall–Kier alpha value is -2.11. The van der Waals surface area contributed by atoms with Gasteiger partial charge in [-0.05, 0) is 55.6 Å². The van der Waals surface area contributed by atoms with Crippen LogP contribution in [-0.2, 0) is 11.3 Å². The van der Waals surface area contributed by atoms with Crippen molar-refractivity contribution in [1.29, 1.82) is 0 Å². The Morgan fingerprint density at radius 2 is 2.22 bits per heavy atom. The minimum atomic E-state index is -0.274. The van der Waals surface area contributed by atoms with Crippen LogP contribution in [0.25, 0.3) is 5.65 Å². The molecule has 0 radical (unpaired) electrons. The Balaban J connectivity index is 1.31. The van der Waals surface area contributed by atoms with Crippen LogP contribution in [0.5, 0.6) is 0 Å². The molecule has 1 N–H and O–H groups in total. The zero-order chi connectivity index (χ0) is 15.8. The highest BCUT2D eigenvalue weighted by molar-refractivity contribution is 5.75. The van der Waals surface area contributed by atoms with Gasteiger partial charge in [0.25, 0.3) is 0 Å². The third kappa shape index (κ3) is 2.78. The summed E-state index contributed by atoms with van der Waals surface area (Å²) >= 11 is 0. The molecule has 6 nitrogen and oxygen atoms in total.